The zero-order valence-corrected chi connectivity index (χ0v) is 12.3. The van der Waals surface area contributed by atoms with E-state index in [0.717, 1.165) is 19.3 Å². The van der Waals surface area contributed by atoms with Gasteiger partial charge in [0.2, 0.25) is 0 Å². The Labute approximate surface area is 127 Å². The molecule has 7 heteroatoms. The summed E-state index contributed by atoms with van der Waals surface area (Å²) in [6.07, 6.45) is 2.68. The molecule has 1 saturated carbocycles. The molecule has 1 aliphatic rings. The molecule has 0 radical (unpaired) electrons. The SMILES string of the molecule is Cc1ccc(NC(=O)N[C@@H]2CCC[C@H]2CO)cc1OC(F)F. The van der Waals surface area contributed by atoms with E-state index in [2.05, 4.69) is 15.4 Å². The van der Waals surface area contributed by atoms with Gasteiger partial charge in [-0.1, -0.05) is 12.5 Å². The normalized spacial score (nSPS) is 21.0. The van der Waals surface area contributed by atoms with Crippen molar-refractivity contribution in [2.24, 2.45) is 5.92 Å². The maximum atomic E-state index is 12.3. The Morgan fingerprint density at radius 1 is 1.45 bits per heavy atom. The summed E-state index contributed by atoms with van der Waals surface area (Å²) in [6.45, 7) is -1.22. The second-order valence-electron chi connectivity index (χ2n) is 5.44. The summed E-state index contributed by atoms with van der Waals surface area (Å²) in [4.78, 5) is 12.0. The van der Waals surface area contributed by atoms with Crippen LogP contribution in [0.1, 0.15) is 24.8 Å². The lowest BCUT2D eigenvalue weighted by molar-refractivity contribution is -0.0502. The Bertz CT molecular complexity index is 526. The smallest absolute Gasteiger partial charge is 0.387 e. The molecule has 5 nitrogen and oxygen atoms in total. The lowest BCUT2D eigenvalue weighted by Crippen LogP contribution is -2.41. The molecular formula is C15H20F2N2O3. The zero-order valence-electron chi connectivity index (χ0n) is 12.3. The number of aliphatic hydroxyl groups excluding tert-OH is 1. The van der Waals surface area contributed by atoms with Crippen LogP contribution in [0.4, 0.5) is 19.3 Å². The number of nitrogens with one attached hydrogen (secondary N) is 2. The Balaban J connectivity index is 1.96. The Hall–Kier alpha value is -1.89. The average Bonchev–Trinajstić information content (AvgIpc) is 2.89. The quantitative estimate of drug-likeness (QED) is 0.782. The minimum absolute atomic E-state index is 0.0295. The highest BCUT2D eigenvalue weighted by Crippen LogP contribution is 2.26. The monoisotopic (exact) mass is 314 g/mol. The van der Waals surface area contributed by atoms with Gasteiger partial charge < -0.3 is 20.5 Å². The predicted octanol–water partition coefficient (Wildman–Crippen LogP) is 2.88. The topological polar surface area (TPSA) is 70.6 Å². The van der Waals surface area contributed by atoms with E-state index in [9.17, 15) is 18.7 Å². The van der Waals surface area contributed by atoms with Crippen LogP contribution < -0.4 is 15.4 Å². The van der Waals surface area contributed by atoms with Crippen LogP contribution in [0.3, 0.4) is 0 Å². The highest BCUT2D eigenvalue weighted by atomic mass is 19.3. The second-order valence-corrected chi connectivity index (χ2v) is 5.44. The molecule has 0 unspecified atom stereocenters. The zero-order chi connectivity index (χ0) is 16.1. The third kappa shape index (κ3) is 4.30. The van der Waals surface area contributed by atoms with Crippen molar-refractivity contribution in [3.63, 3.8) is 0 Å². The number of carbonyl (C=O) groups is 1. The van der Waals surface area contributed by atoms with Gasteiger partial charge in [-0.2, -0.15) is 8.78 Å². The summed E-state index contributed by atoms with van der Waals surface area (Å²) in [5, 5.41) is 14.6. The van der Waals surface area contributed by atoms with Crippen LogP contribution in [0.25, 0.3) is 0 Å². The highest BCUT2D eigenvalue weighted by Gasteiger charge is 2.27. The molecule has 0 aliphatic heterocycles. The van der Waals surface area contributed by atoms with Gasteiger partial charge >= 0.3 is 12.6 Å². The standard InChI is InChI=1S/C15H20F2N2O3/c1-9-5-6-11(7-13(9)22-14(16)17)18-15(21)19-12-4-2-3-10(12)8-20/h5-7,10,12,14,20H,2-4,8H2,1H3,(H2,18,19,21)/t10-,12+/m0/s1. The van der Waals surface area contributed by atoms with E-state index in [4.69, 9.17) is 0 Å². The Kier molecular flexibility index (Phi) is 5.54. The van der Waals surface area contributed by atoms with Gasteiger partial charge in [0.1, 0.15) is 5.75 Å². The van der Waals surface area contributed by atoms with Gasteiger partial charge in [0, 0.05) is 30.3 Å². The van der Waals surface area contributed by atoms with E-state index < -0.39 is 12.6 Å². The molecule has 0 heterocycles. The average molecular weight is 314 g/mol. The number of hydrogen-bond acceptors (Lipinski definition) is 3. The number of halogens is 2. The number of benzene rings is 1. The van der Waals surface area contributed by atoms with Gasteiger partial charge in [0.25, 0.3) is 0 Å². The molecule has 0 spiro atoms. The van der Waals surface area contributed by atoms with Crippen LogP contribution in [0, 0.1) is 12.8 Å². The number of carbonyl (C=O) groups excluding carboxylic acids is 1. The van der Waals surface area contributed by atoms with E-state index in [-0.39, 0.29) is 24.3 Å². The van der Waals surface area contributed by atoms with Gasteiger partial charge in [-0.3, -0.25) is 0 Å². The number of aryl methyl sites for hydroxylation is 1. The van der Waals surface area contributed by atoms with Crippen LogP contribution >= 0.6 is 0 Å². The number of hydrogen-bond donors (Lipinski definition) is 3. The number of rotatable bonds is 5. The minimum atomic E-state index is -2.91. The predicted molar refractivity (Wildman–Crippen MR) is 78.2 cm³/mol. The summed E-state index contributed by atoms with van der Waals surface area (Å²) in [5.74, 6) is 0.100. The van der Waals surface area contributed by atoms with Gasteiger partial charge in [-0.25, -0.2) is 4.79 Å². The summed E-state index contributed by atoms with van der Waals surface area (Å²) in [7, 11) is 0. The molecule has 1 fully saturated rings. The van der Waals surface area contributed by atoms with Crippen molar-refractivity contribution in [2.75, 3.05) is 11.9 Å². The first-order valence-corrected chi connectivity index (χ1v) is 7.23. The first-order valence-electron chi connectivity index (χ1n) is 7.23. The van der Waals surface area contributed by atoms with Crippen molar-refractivity contribution >= 4 is 11.7 Å². The van der Waals surface area contributed by atoms with E-state index in [1.54, 1.807) is 19.1 Å². The number of aliphatic hydroxyl groups is 1. The largest absolute Gasteiger partial charge is 0.434 e. The van der Waals surface area contributed by atoms with E-state index in [0.29, 0.717) is 11.3 Å². The van der Waals surface area contributed by atoms with Crippen LogP contribution in [-0.2, 0) is 0 Å². The number of alkyl halides is 2. The molecule has 122 valence electrons. The van der Waals surface area contributed by atoms with Crippen LogP contribution in [0.5, 0.6) is 5.75 Å². The van der Waals surface area contributed by atoms with Crippen molar-refractivity contribution in [1.82, 2.24) is 5.32 Å². The molecule has 1 aromatic rings. The van der Waals surface area contributed by atoms with E-state index in [1.165, 1.54) is 6.07 Å². The second kappa shape index (κ2) is 7.40. The van der Waals surface area contributed by atoms with Crippen molar-refractivity contribution in [3.8, 4) is 5.75 Å². The van der Waals surface area contributed by atoms with E-state index in [1.807, 2.05) is 0 Å². The maximum Gasteiger partial charge on any atom is 0.387 e. The number of anilines is 1. The Morgan fingerprint density at radius 2 is 2.23 bits per heavy atom. The highest BCUT2D eigenvalue weighted by molar-refractivity contribution is 5.89. The van der Waals surface area contributed by atoms with Crippen LogP contribution in [0.15, 0.2) is 18.2 Å². The van der Waals surface area contributed by atoms with Gasteiger partial charge in [0.05, 0.1) is 0 Å². The molecule has 2 rings (SSSR count). The lowest BCUT2D eigenvalue weighted by Gasteiger charge is -2.19. The molecule has 0 saturated heterocycles. The van der Waals surface area contributed by atoms with Crippen molar-refractivity contribution in [2.45, 2.75) is 38.8 Å². The molecular weight excluding hydrogens is 294 g/mol. The number of ether oxygens (including phenoxy) is 1. The number of urea groups is 1. The van der Waals surface area contributed by atoms with Gasteiger partial charge in [0.15, 0.2) is 0 Å². The van der Waals surface area contributed by atoms with E-state index >= 15 is 0 Å². The summed E-state index contributed by atoms with van der Waals surface area (Å²) < 4.78 is 29.0. The molecule has 0 bridgehead atoms. The first-order chi connectivity index (χ1) is 10.5. The fourth-order valence-corrected chi connectivity index (χ4v) is 2.68. The Morgan fingerprint density at radius 3 is 2.91 bits per heavy atom. The molecule has 1 aliphatic carbocycles. The molecule has 2 amide bonds. The summed E-state index contributed by atoms with van der Waals surface area (Å²) in [5.41, 5.74) is 0.930. The number of amides is 2. The maximum absolute atomic E-state index is 12.3. The van der Waals surface area contributed by atoms with Crippen LogP contribution in [0.2, 0.25) is 0 Å². The third-order valence-corrected chi connectivity index (χ3v) is 3.87. The molecule has 0 aromatic heterocycles. The molecule has 1 aromatic carbocycles. The third-order valence-electron chi connectivity index (χ3n) is 3.87. The van der Waals surface area contributed by atoms with Crippen molar-refractivity contribution < 1.29 is 23.4 Å². The molecule has 22 heavy (non-hydrogen) atoms. The minimum Gasteiger partial charge on any atom is -0.434 e. The van der Waals surface area contributed by atoms with Gasteiger partial charge in [-0.05, 0) is 31.4 Å². The van der Waals surface area contributed by atoms with Gasteiger partial charge in [-0.15, -0.1) is 0 Å². The first kappa shape index (κ1) is 16.5. The van der Waals surface area contributed by atoms with Crippen molar-refractivity contribution in [1.29, 1.82) is 0 Å². The molecule has 3 N–H and O–H groups in total. The van der Waals surface area contributed by atoms with Crippen molar-refractivity contribution in [3.05, 3.63) is 23.8 Å². The summed E-state index contributed by atoms with van der Waals surface area (Å²) in [6, 6.07) is 4.09. The fourth-order valence-electron chi connectivity index (χ4n) is 2.68. The van der Waals surface area contributed by atoms with Crippen LogP contribution in [-0.4, -0.2) is 30.4 Å². The lowest BCUT2D eigenvalue weighted by atomic mass is 10.1. The summed E-state index contributed by atoms with van der Waals surface area (Å²) >= 11 is 0. The molecule has 2 atom stereocenters. The fraction of sp³-hybridized carbons (Fsp3) is 0.533.